The highest BCUT2D eigenvalue weighted by Gasteiger charge is 2.18. The van der Waals surface area contributed by atoms with Crippen LogP contribution in [-0.4, -0.2) is 47.4 Å². The maximum absolute atomic E-state index is 13.4. The number of methoxy groups -OCH3 is 2. The predicted octanol–water partition coefficient (Wildman–Crippen LogP) is 4.15. The number of amides is 1. The molecule has 0 saturated heterocycles. The molecule has 0 fully saturated rings. The molecule has 0 spiro atoms. The second-order valence-corrected chi connectivity index (χ2v) is 8.56. The van der Waals surface area contributed by atoms with Crippen LogP contribution in [0.5, 0.6) is 11.5 Å². The Hall–Kier alpha value is -3.78. The van der Waals surface area contributed by atoms with Crippen molar-refractivity contribution in [1.82, 2.24) is 14.5 Å². The number of hydrogen-bond acceptors (Lipinski definition) is 6. The van der Waals surface area contributed by atoms with Crippen molar-refractivity contribution < 1.29 is 14.3 Å². The van der Waals surface area contributed by atoms with Crippen LogP contribution in [0.4, 0.5) is 0 Å². The molecular formula is C26H25N3O4S. The van der Waals surface area contributed by atoms with Gasteiger partial charge in [-0.25, -0.2) is 4.98 Å². The first-order valence-electron chi connectivity index (χ1n) is 10.7. The zero-order valence-electron chi connectivity index (χ0n) is 19.2. The van der Waals surface area contributed by atoms with Crippen molar-refractivity contribution in [3.8, 4) is 17.2 Å². The largest absolute Gasteiger partial charge is 0.497 e. The third-order valence-electron chi connectivity index (χ3n) is 5.38. The van der Waals surface area contributed by atoms with Crippen LogP contribution < -0.4 is 15.0 Å². The van der Waals surface area contributed by atoms with Crippen LogP contribution in [0.3, 0.4) is 0 Å². The molecule has 1 amide bonds. The van der Waals surface area contributed by atoms with E-state index in [0.29, 0.717) is 34.0 Å². The molecule has 0 bridgehead atoms. The molecule has 0 radical (unpaired) electrons. The van der Waals surface area contributed by atoms with E-state index in [0.717, 1.165) is 11.3 Å². The standard InChI is InChI=1S/C26H25N3O4S/c1-28(16-18-9-8-10-19(15-18)32-2)24(30)17-34-26-27-21-12-5-4-11-20(21)25(31)29(26)22-13-6-7-14-23(22)33-3/h4-15H,16-17H2,1-3H3. The zero-order chi connectivity index (χ0) is 24.1. The highest BCUT2D eigenvalue weighted by Crippen LogP contribution is 2.27. The maximum Gasteiger partial charge on any atom is 0.266 e. The normalized spacial score (nSPS) is 10.8. The van der Waals surface area contributed by atoms with Crippen LogP contribution in [0.1, 0.15) is 5.56 Å². The first-order chi connectivity index (χ1) is 16.5. The smallest absolute Gasteiger partial charge is 0.266 e. The van der Waals surface area contributed by atoms with Gasteiger partial charge in [0.15, 0.2) is 5.16 Å². The topological polar surface area (TPSA) is 73.7 Å². The van der Waals surface area contributed by atoms with Crippen molar-refractivity contribution in [2.75, 3.05) is 27.0 Å². The number of carbonyl (C=O) groups is 1. The summed E-state index contributed by atoms with van der Waals surface area (Å²) < 4.78 is 12.3. The van der Waals surface area contributed by atoms with E-state index in [9.17, 15) is 9.59 Å². The molecule has 1 heterocycles. The van der Waals surface area contributed by atoms with Crippen molar-refractivity contribution in [3.63, 3.8) is 0 Å². The number of fused-ring (bicyclic) bond motifs is 1. The summed E-state index contributed by atoms with van der Waals surface area (Å²) >= 11 is 1.23. The lowest BCUT2D eigenvalue weighted by Gasteiger charge is -2.19. The summed E-state index contributed by atoms with van der Waals surface area (Å²) in [5.41, 5.74) is 1.91. The highest BCUT2D eigenvalue weighted by molar-refractivity contribution is 7.99. The molecule has 0 aliphatic rings. The molecule has 7 nitrogen and oxygen atoms in total. The number of para-hydroxylation sites is 3. The van der Waals surface area contributed by atoms with Gasteiger partial charge in [0.1, 0.15) is 11.5 Å². The van der Waals surface area contributed by atoms with Crippen molar-refractivity contribution >= 4 is 28.6 Å². The lowest BCUT2D eigenvalue weighted by Crippen LogP contribution is -2.28. The van der Waals surface area contributed by atoms with E-state index in [-0.39, 0.29) is 17.2 Å². The number of rotatable bonds is 8. The molecular weight excluding hydrogens is 450 g/mol. The van der Waals surface area contributed by atoms with Gasteiger partial charge >= 0.3 is 0 Å². The van der Waals surface area contributed by atoms with Gasteiger partial charge in [0.25, 0.3) is 5.56 Å². The van der Waals surface area contributed by atoms with E-state index >= 15 is 0 Å². The van der Waals surface area contributed by atoms with Crippen molar-refractivity contribution in [2.45, 2.75) is 11.7 Å². The SMILES string of the molecule is COc1cccc(CN(C)C(=O)CSc2nc3ccccc3c(=O)n2-c2ccccc2OC)c1. The summed E-state index contributed by atoms with van der Waals surface area (Å²) in [5.74, 6) is 1.33. The third-order valence-corrected chi connectivity index (χ3v) is 6.30. The fourth-order valence-corrected chi connectivity index (χ4v) is 4.55. The van der Waals surface area contributed by atoms with E-state index < -0.39 is 0 Å². The third kappa shape index (κ3) is 4.92. The molecule has 0 saturated carbocycles. The Kier molecular flexibility index (Phi) is 7.18. The van der Waals surface area contributed by atoms with Crippen LogP contribution >= 0.6 is 11.8 Å². The van der Waals surface area contributed by atoms with Gasteiger partial charge in [-0.3, -0.25) is 14.2 Å². The Morgan fingerprint density at radius 3 is 2.56 bits per heavy atom. The van der Waals surface area contributed by atoms with Crippen molar-refractivity contribution in [1.29, 1.82) is 0 Å². The molecule has 0 aliphatic heterocycles. The predicted molar refractivity (Wildman–Crippen MR) is 134 cm³/mol. The number of carbonyl (C=O) groups excluding carboxylic acids is 1. The average Bonchev–Trinajstić information content (AvgIpc) is 2.87. The summed E-state index contributed by atoms with van der Waals surface area (Å²) in [6, 6.07) is 22.1. The van der Waals surface area contributed by atoms with Gasteiger partial charge in [0.05, 0.1) is 36.6 Å². The number of benzene rings is 3. The molecule has 0 aliphatic carbocycles. The molecule has 0 atom stereocenters. The van der Waals surface area contributed by atoms with Gasteiger partial charge < -0.3 is 14.4 Å². The minimum atomic E-state index is -0.213. The Morgan fingerprint density at radius 1 is 1.00 bits per heavy atom. The molecule has 1 aromatic heterocycles. The molecule has 4 aromatic rings. The van der Waals surface area contributed by atoms with E-state index in [1.807, 2.05) is 48.5 Å². The lowest BCUT2D eigenvalue weighted by molar-refractivity contribution is -0.127. The monoisotopic (exact) mass is 475 g/mol. The number of hydrogen-bond donors (Lipinski definition) is 0. The van der Waals surface area contributed by atoms with E-state index in [1.165, 1.54) is 16.3 Å². The lowest BCUT2D eigenvalue weighted by atomic mass is 10.2. The van der Waals surface area contributed by atoms with Crippen LogP contribution in [0.2, 0.25) is 0 Å². The Balaban J connectivity index is 1.63. The van der Waals surface area contributed by atoms with Crippen LogP contribution in [-0.2, 0) is 11.3 Å². The first kappa shape index (κ1) is 23.4. The summed E-state index contributed by atoms with van der Waals surface area (Å²) in [6.07, 6.45) is 0. The molecule has 4 rings (SSSR count). The second-order valence-electron chi connectivity index (χ2n) is 7.61. The quantitative estimate of drug-likeness (QED) is 0.282. The maximum atomic E-state index is 13.4. The molecule has 8 heteroatoms. The van der Waals surface area contributed by atoms with Crippen LogP contribution in [0, 0.1) is 0 Å². The van der Waals surface area contributed by atoms with Crippen molar-refractivity contribution in [3.05, 3.63) is 88.7 Å². The fraction of sp³-hybridized carbons (Fsp3) is 0.192. The van der Waals surface area contributed by atoms with Gasteiger partial charge in [0.2, 0.25) is 5.91 Å². The molecule has 174 valence electrons. The number of thioether (sulfide) groups is 1. The van der Waals surface area contributed by atoms with Gasteiger partial charge in [-0.05, 0) is 42.0 Å². The number of aromatic nitrogens is 2. The molecule has 0 N–H and O–H groups in total. The summed E-state index contributed by atoms with van der Waals surface area (Å²) in [6.45, 7) is 0.445. The second kappa shape index (κ2) is 10.4. The van der Waals surface area contributed by atoms with Crippen LogP contribution in [0.15, 0.2) is 82.7 Å². The number of nitrogens with zero attached hydrogens (tertiary/aromatic N) is 3. The Morgan fingerprint density at radius 2 is 1.76 bits per heavy atom. The average molecular weight is 476 g/mol. The van der Waals surface area contributed by atoms with E-state index in [1.54, 1.807) is 50.4 Å². The van der Waals surface area contributed by atoms with Gasteiger partial charge in [-0.2, -0.15) is 0 Å². The van der Waals surface area contributed by atoms with Gasteiger partial charge in [0, 0.05) is 13.6 Å². The van der Waals surface area contributed by atoms with Crippen molar-refractivity contribution in [2.24, 2.45) is 0 Å². The van der Waals surface area contributed by atoms with Gasteiger partial charge in [-0.15, -0.1) is 0 Å². The molecule has 34 heavy (non-hydrogen) atoms. The fourth-order valence-electron chi connectivity index (χ4n) is 3.61. The van der Waals surface area contributed by atoms with Crippen LogP contribution in [0.25, 0.3) is 16.6 Å². The highest BCUT2D eigenvalue weighted by atomic mass is 32.2. The molecule has 0 unspecified atom stereocenters. The Bertz CT molecular complexity index is 1390. The van der Waals surface area contributed by atoms with E-state index in [2.05, 4.69) is 0 Å². The molecule has 3 aromatic carbocycles. The zero-order valence-corrected chi connectivity index (χ0v) is 20.0. The minimum Gasteiger partial charge on any atom is -0.497 e. The summed E-state index contributed by atoms with van der Waals surface area (Å²) in [7, 11) is 4.92. The first-order valence-corrected chi connectivity index (χ1v) is 11.6. The number of ether oxygens (including phenoxy) is 2. The Labute approximate surface area is 201 Å². The minimum absolute atomic E-state index is 0.0817. The summed E-state index contributed by atoms with van der Waals surface area (Å²) in [5, 5.41) is 0.926. The van der Waals surface area contributed by atoms with E-state index in [4.69, 9.17) is 14.5 Å². The summed E-state index contributed by atoms with van der Waals surface area (Å²) in [4.78, 5) is 32.7. The van der Waals surface area contributed by atoms with Gasteiger partial charge in [-0.1, -0.05) is 48.2 Å².